The first-order chi connectivity index (χ1) is 13.1. The molecule has 4 rings (SSSR count). The van der Waals surface area contributed by atoms with Crippen molar-refractivity contribution >= 4 is 29.9 Å². The van der Waals surface area contributed by atoms with Crippen LogP contribution in [0.25, 0.3) is 0 Å². The van der Waals surface area contributed by atoms with E-state index >= 15 is 0 Å². The average Bonchev–Trinajstić information content (AvgIpc) is 3.35. The van der Waals surface area contributed by atoms with Gasteiger partial charge in [-0.15, -0.1) is 34.2 Å². The molecule has 0 aromatic carbocycles. The molecule has 1 aliphatic heterocycles. The zero-order valence-corrected chi connectivity index (χ0v) is 19.2. The first kappa shape index (κ1) is 21.0. The van der Waals surface area contributed by atoms with Crippen LogP contribution in [-0.2, 0) is 26.6 Å². The number of aromatic nitrogens is 6. The van der Waals surface area contributed by atoms with E-state index in [-0.39, 0.29) is 24.0 Å². The van der Waals surface area contributed by atoms with Crippen molar-refractivity contribution in [3.05, 3.63) is 23.3 Å². The molecule has 0 saturated heterocycles. The molecule has 2 aromatic heterocycles. The third-order valence-electron chi connectivity index (χ3n) is 5.56. The summed E-state index contributed by atoms with van der Waals surface area (Å²) in [6.45, 7) is 5.24. The van der Waals surface area contributed by atoms with E-state index in [0.29, 0.717) is 18.6 Å². The molecule has 0 spiro atoms. The zero-order chi connectivity index (χ0) is 18.8. The second kappa shape index (κ2) is 9.19. The lowest BCUT2D eigenvalue weighted by Crippen LogP contribution is -2.49. The Balaban J connectivity index is 0.00000225. The van der Waals surface area contributed by atoms with E-state index < -0.39 is 0 Å². The highest BCUT2D eigenvalue weighted by Gasteiger charge is 2.23. The Kier molecular flexibility index (Phi) is 6.89. The lowest BCUT2D eigenvalue weighted by atomic mass is 10.1. The van der Waals surface area contributed by atoms with Gasteiger partial charge in [-0.3, -0.25) is 0 Å². The number of hydrogen-bond donors (Lipinski definition) is 2. The topological polar surface area (TPSA) is 97.8 Å². The van der Waals surface area contributed by atoms with Crippen LogP contribution in [0.2, 0.25) is 0 Å². The average molecular weight is 499 g/mol. The van der Waals surface area contributed by atoms with Gasteiger partial charge in [-0.25, -0.2) is 14.7 Å². The predicted octanol–water partition coefficient (Wildman–Crippen LogP) is 1.63. The summed E-state index contributed by atoms with van der Waals surface area (Å²) in [5.41, 5.74) is 0. The van der Waals surface area contributed by atoms with Crippen molar-refractivity contribution in [1.29, 1.82) is 0 Å². The van der Waals surface area contributed by atoms with Gasteiger partial charge in [-0.2, -0.15) is 5.10 Å². The van der Waals surface area contributed by atoms with Gasteiger partial charge in [-0.1, -0.05) is 12.8 Å². The maximum absolute atomic E-state index is 4.81. The fraction of sp³-hybridized carbons (Fsp3) is 0.722. The summed E-state index contributed by atoms with van der Waals surface area (Å²) in [4.78, 5) is 9.31. The van der Waals surface area contributed by atoms with Crippen molar-refractivity contribution in [3.8, 4) is 0 Å². The van der Waals surface area contributed by atoms with Crippen LogP contribution in [0.4, 0.5) is 0 Å². The number of halogens is 1. The van der Waals surface area contributed by atoms with Crippen molar-refractivity contribution in [2.24, 2.45) is 12.0 Å². The van der Waals surface area contributed by atoms with Gasteiger partial charge in [0.05, 0.1) is 6.54 Å². The molecule has 1 fully saturated rings. The molecule has 1 unspecified atom stereocenters. The van der Waals surface area contributed by atoms with E-state index in [1.54, 1.807) is 0 Å². The maximum Gasteiger partial charge on any atom is 0.192 e. The number of guanidine groups is 1. The molecule has 1 atom stereocenters. The molecule has 1 saturated carbocycles. The standard InChI is InChI=1S/C18H29N9.HI/c1-12-20-16-9-8-15(11-27(16)25-12)22-18(21-14-6-4-5-7-14)19-10-17-24-23-13(2)26(17)3;/h14-15H,4-11H2,1-3H3,(H2,19,21,22);1H. The first-order valence-electron chi connectivity index (χ1n) is 9.91. The van der Waals surface area contributed by atoms with Gasteiger partial charge in [0, 0.05) is 25.6 Å². The van der Waals surface area contributed by atoms with Gasteiger partial charge in [0.15, 0.2) is 11.8 Å². The van der Waals surface area contributed by atoms with Gasteiger partial charge < -0.3 is 15.2 Å². The highest BCUT2D eigenvalue weighted by Crippen LogP contribution is 2.18. The Hall–Kier alpha value is -1.72. The first-order valence-corrected chi connectivity index (χ1v) is 9.91. The summed E-state index contributed by atoms with van der Waals surface area (Å²) in [5.74, 6) is 4.58. The van der Waals surface area contributed by atoms with E-state index in [1.807, 2.05) is 30.1 Å². The van der Waals surface area contributed by atoms with Crippen LogP contribution in [-0.4, -0.2) is 47.6 Å². The molecule has 154 valence electrons. The largest absolute Gasteiger partial charge is 0.354 e. The van der Waals surface area contributed by atoms with Crippen LogP contribution in [0.3, 0.4) is 0 Å². The second-order valence-corrected chi connectivity index (χ2v) is 7.65. The summed E-state index contributed by atoms with van der Waals surface area (Å²) >= 11 is 0. The third kappa shape index (κ3) is 4.81. The summed E-state index contributed by atoms with van der Waals surface area (Å²) in [6, 6.07) is 0.803. The van der Waals surface area contributed by atoms with Crippen molar-refractivity contribution in [3.63, 3.8) is 0 Å². The maximum atomic E-state index is 4.81. The number of aliphatic imine (C=N–C) groups is 1. The van der Waals surface area contributed by atoms with Gasteiger partial charge in [-0.05, 0) is 33.1 Å². The van der Waals surface area contributed by atoms with E-state index in [1.165, 1.54) is 25.7 Å². The Morgan fingerprint density at radius 3 is 2.57 bits per heavy atom. The molecule has 0 bridgehead atoms. The minimum atomic E-state index is 0. The second-order valence-electron chi connectivity index (χ2n) is 7.65. The molecule has 2 N–H and O–H groups in total. The fourth-order valence-corrected chi connectivity index (χ4v) is 3.88. The minimum absolute atomic E-state index is 0. The van der Waals surface area contributed by atoms with Crippen molar-refractivity contribution in [1.82, 2.24) is 40.2 Å². The summed E-state index contributed by atoms with van der Waals surface area (Å²) in [6.07, 6.45) is 6.98. The third-order valence-corrected chi connectivity index (χ3v) is 5.56. The van der Waals surface area contributed by atoms with Crippen LogP contribution < -0.4 is 10.6 Å². The van der Waals surface area contributed by atoms with E-state index in [2.05, 4.69) is 30.9 Å². The van der Waals surface area contributed by atoms with Gasteiger partial charge in [0.25, 0.3) is 0 Å². The zero-order valence-electron chi connectivity index (χ0n) is 16.9. The molecule has 2 aromatic rings. The summed E-state index contributed by atoms with van der Waals surface area (Å²) in [5, 5.41) is 20.1. The monoisotopic (exact) mass is 499 g/mol. The number of rotatable bonds is 4. The number of fused-ring (bicyclic) bond motifs is 1. The molecule has 9 nitrogen and oxygen atoms in total. The van der Waals surface area contributed by atoms with Crippen molar-refractivity contribution in [2.75, 3.05) is 0 Å². The lowest BCUT2D eigenvalue weighted by Gasteiger charge is -2.27. The SMILES string of the molecule is Cc1nc2n(n1)CC(NC(=NCc1nnc(C)n1C)NC1CCCC1)CC2.I. The molecular formula is C18H30IN9. The number of aryl methyl sites for hydroxylation is 3. The Bertz CT molecular complexity index is 819. The quantitative estimate of drug-likeness (QED) is 0.377. The van der Waals surface area contributed by atoms with Crippen LogP contribution in [0, 0.1) is 13.8 Å². The van der Waals surface area contributed by atoms with Gasteiger partial charge >= 0.3 is 0 Å². The van der Waals surface area contributed by atoms with Crippen LogP contribution in [0.15, 0.2) is 4.99 Å². The van der Waals surface area contributed by atoms with Gasteiger partial charge in [0.2, 0.25) is 0 Å². The van der Waals surface area contributed by atoms with E-state index in [0.717, 1.165) is 48.6 Å². The van der Waals surface area contributed by atoms with Crippen molar-refractivity contribution < 1.29 is 0 Å². The summed E-state index contributed by atoms with van der Waals surface area (Å²) in [7, 11) is 1.98. The fourth-order valence-electron chi connectivity index (χ4n) is 3.88. The lowest BCUT2D eigenvalue weighted by molar-refractivity contribution is 0.390. The molecule has 0 radical (unpaired) electrons. The molecular weight excluding hydrogens is 469 g/mol. The van der Waals surface area contributed by atoms with Crippen LogP contribution in [0.1, 0.15) is 55.4 Å². The van der Waals surface area contributed by atoms with Crippen molar-refractivity contribution in [2.45, 2.75) is 77.5 Å². The van der Waals surface area contributed by atoms with Crippen LogP contribution in [0.5, 0.6) is 0 Å². The Labute approximate surface area is 182 Å². The molecule has 3 heterocycles. The normalized spacial score (nSPS) is 20.0. The van der Waals surface area contributed by atoms with Crippen LogP contribution >= 0.6 is 24.0 Å². The Morgan fingerprint density at radius 1 is 1.11 bits per heavy atom. The highest BCUT2D eigenvalue weighted by atomic mass is 127. The predicted molar refractivity (Wildman–Crippen MR) is 118 cm³/mol. The molecule has 10 heteroatoms. The smallest absolute Gasteiger partial charge is 0.192 e. The number of hydrogen-bond acceptors (Lipinski definition) is 5. The van der Waals surface area contributed by atoms with E-state index in [9.17, 15) is 0 Å². The summed E-state index contributed by atoms with van der Waals surface area (Å²) < 4.78 is 4.01. The molecule has 2 aliphatic rings. The van der Waals surface area contributed by atoms with E-state index in [4.69, 9.17) is 4.99 Å². The minimum Gasteiger partial charge on any atom is -0.354 e. The molecule has 1 aliphatic carbocycles. The Morgan fingerprint density at radius 2 is 1.86 bits per heavy atom. The molecule has 28 heavy (non-hydrogen) atoms. The van der Waals surface area contributed by atoms with Gasteiger partial charge in [0.1, 0.15) is 24.0 Å². The highest BCUT2D eigenvalue weighted by molar-refractivity contribution is 14.0. The molecule has 0 amide bonds. The number of nitrogens with one attached hydrogen (secondary N) is 2. The number of nitrogens with zero attached hydrogens (tertiary/aromatic N) is 7.